The number of urea groups is 1. The van der Waals surface area contributed by atoms with Crippen LogP contribution in [-0.2, 0) is 4.79 Å². The van der Waals surface area contributed by atoms with Crippen LogP contribution in [-0.4, -0.2) is 29.7 Å². The second-order valence-electron chi connectivity index (χ2n) is 5.85. The Morgan fingerprint density at radius 3 is 2.48 bits per heavy atom. The molecule has 1 fully saturated rings. The maximum Gasteiger partial charge on any atom is 0.323 e. The molecule has 0 bridgehead atoms. The molecule has 0 aliphatic heterocycles. The van der Waals surface area contributed by atoms with E-state index in [0.717, 1.165) is 12.0 Å². The summed E-state index contributed by atoms with van der Waals surface area (Å²) in [5, 5.41) is 11.9. The van der Waals surface area contributed by atoms with Crippen molar-refractivity contribution in [2.75, 3.05) is 11.4 Å². The molecule has 1 aliphatic rings. The highest BCUT2D eigenvalue weighted by atomic mass is 16.4. The first-order chi connectivity index (χ1) is 9.95. The summed E-state index contributed by atoms with van der Waals surface area (Å²) in [4.78, 5) is 24.6. The highest BCUT2D eigenvalue weighted by Crippen LogP contribution is 2.33. The lowest BCUT2D eigenvalue weighted by Crippen LogP contribution is -2.46. The number of aryl methyl sites for hydroxylation is 1. The molecule has 2 rings (SSSR count). The number of hydrogen-bond donors (Lipinski definition) is 2. The van der Waals surface area contributed by atoms with Crippen LogP contribution >= 0.6 is 0 Å². The quantitative estimate of drug-likeness (QED) is 0.846. The van der Waals surface area contributed by atoms with E-state index >= 15 is 0 Å². The van der Waals surface area contributed by atoms with Gasteiger partial charge in [0.25, 0.3) is 0 Å². The molecule has 1 saturated carbocycles. The number of carboxylic acids is 1. The third-order valence-electron chi connectivity index (χ3n) is 3.64. The number of benzene rings is 1. The maximum atomic E-state index is 12.3. The molecule has 0 heterocycles. The van der Waals surface area contributed by atoms with Crippen molar-refractivity contribution in [2.24, 2.45) is 5.92 Å². The van der Waals surface area contributed by atoms with E-state index in [1.165, 1.54) is 17.7 Å². The first kappa shape index (κ1) is 15.4. The van der Waals surface area contributed by atoms with E-state index < -0.39 is 5.97 Å². The summed E-state index contributed by atoms with van der Waals surface area (Å²) < 4.78 is 0. The zero-order valence-corrected chi connectivity index (χ0v) is 12.5. The van der Waals surface area contributed by atoms with Crippen molar-refractivity contribution in [1.29, 1.82) is 0 Å². The van der Waals surface area contributed by atoms with Crippen LogP contribution in [0.4, 0.5) is 10.5 Å². The van der Waals surface area contributed by atoms with Crippen molar-refractivity contribution in [3.05, 3.63) is 29.8 Å². The van der Waals surface area contributed by atoms with Gasteiger partial charge >= 0.3 is 12.0 Å². The molecule has 1 aromatic carbocycles. The summed E-state index contributed by atoms with van der Waals surface area (Å²) in [5.74, 6) is -0.312. The maximum absolute atomic E-state index is 12.3. The molecule has 0 saturated heterocycles. The number of nitrogens with one attached hydrogen (secondary N) is 1. The van der Waals surface area contributed by atoms with Crippen LogP contribution in [0.1, 0.15) is 31.7 Å². The molecule has 1 atom stereocenters. The Hall–Kier alpha value is -2.04. The Balaban J connectivity index is 2.04. The molecule has 0 radical (unpaired) electrons. The van der Waals surface area contributed by atoms with Gasteiger partial charge in [0.15, 0.2) is 0 Å². The number of amides is 2. The van der Waals surface area contributed by atoms with Gasteiger partial charge in [-0.1, -0.05) is 30.5 Å². The van der Waals surface area contributed by atoms with Crippen molar-refractivity contribution < 1.29 is 14.7 Å². The summed E-state index contributed by atoms with van der Waals surface area (Å²) in [6, 6.07) is 6.98. The Kier molecular flexibility index (Phi) is 4.83. The number of carbonyl (C=O) groups excluding carboxylic acids is 1. The van der Waals surface area contributed by atoms with Crippen LogP contribution in [0, 0.1) is 12.8 Å². The van der Waals surface area contributed by atoms with E-state index in [1.807, 2.05) is 26.0 Å². The largest absolute Gasteiger partial charge is 0.480 e. The van der Waals surface area contributed by atoms with Gasteiger partial charge in [-0.15, -0.1) is 0 Å². The second-order valence-corrected chi connectivity index (χ2v) is 5.85. The van der Waals surface area contributed by atoms with Crippen LogP contribution in [0.15, 0.2) is 24.3 Å². The molecule has 1 aliphatic carbocycles. The average molecular weight is 290 g/mol. The molecule has 5 nitrogen and oxygen atoms in total. The van der Waals surface area contributed by atoms with E-state index in [9.17, 15) is 9.59 Å². The van der Waals surface area contributed by atoms with Crippen molar-refractivity contribution in [1.82, 2.24) is 5.32 Å². The number of aliphatic carboxylic acids is 1. The SMILES string of the molecule is Cc1ccc(N(CC(=O)O)C(=O)NC(C)CC2CC2)cc1. The van der Waals surface area contributed by atoms with Crippen LogP contribution < -0.4 is 10.2 Å². The van der Waals surface area contributed by atoms with E-state index in [0.29, 0.717) is 11.6 Å². The van der Waals surface area contributed by atoms with Gasteiger partial charge in [-0.2, -0.15) is 0 Å². The van der Waals surface area contributed by atoms with Gasteiger partial charge in [-0.25, -0.2) is 4.79 Å². The Morgan fingerprint density at radius 1 is 1.33 bits per heavy atom. The number of carbonyl (C=O) groups is 2. The molecule has 5 heteroatoms. The molecule has 0 spiro atoms. The lowest BCUT2D eigenvalue weighted by molar-refractivity contribution is -0.135. The average Bonchev–Trinajstić information content (AvgIpc) is 3.20. The van der Waals surface area contributed by atoms with Crippen LogP contribution in [0.5, 0.6) is 0 Å². The molecule has 2 amide bonds. The number of anilines is 1. The predicted octanol–water partition coefficient (Wildman–Crippen LogP) is 2.78. The van der Waals surface area contributed by atoms with Gasteiger partial charge in [0.2, 0.25) is 0 Å². The van der Waals surface area contributed by atoms with Crippen LogP contribution in [0.2, 0.25) is 0 Å². The normalized spacial score (nSPS) is 15.3. The van der Waals surface area contributed by atoms with E-state index in [1.54, 1.807) is 12.1 Å². The Bertz CT molecular complexity index is 509. The zero-order valence-electron chi connectivity index (χ0n) is 12.5. The number of nitrogens with zero attached hydrogens (tertiary/aromatic N) is 1. The molecule has 0 aromatic heterocycles. The van der Waals surface area contributed by atoms with E-state index in [2.05, 4.69) is 5.32 Å². The zero-order chi connectivity index (χ0) is 15.4. The fourth-order valence-corrected chi connectivity index (χ4v) is 2.34. The van der Waals surface area contributed by atoms with E-state index in [4.69, 9.17) is 5.11 Å². The second kappa shape index (κ2) is 6.61. The summed E-state index contributed by atoms with van der Waals surface area (Å²) in [7, 11) is 0. The first-order valence-corrected chi connectivity index (χ1v) is 7.32. The van der Waals surface area contributed by atoms with Gasteiger partial charge in [0.1, 0.15) is 6.54 Å². The Labute approximate surface area is 125 Å². The fraction of sp³-hybridized carbons (Fsp3) is 0.500. The molecule has 1 unspecified atom stereocenters. The molecule has 21 heavy (non-hydrogen) atoms. The molecule has 1 aromatic rings. The first-order valence-electron chi connectivity index (χ1n) is 7.32. The van der Waals surface area contributed by atoms with Gasteiger partial charge in [0, 0.05) is 11.7 Å². The Morgan fingerprint density at radius 2 is 1.95 bits per heavy atom. The van der Waals surface area contributed by atoms with E-state index in [-0.39, 0.29) is 18.6 Å². The van der Waals surface area contributed by atoms with Crippen molar-refractivity contribution in [3.8, 4) is 0 Å². The van der Waals surface area contributed by atoms with Crippen LogP contribution in [0.25, 0.3) is 0 Å². The minimum absolute atomic E-state index is 0.0618. The minimum atomic E-state index is -1.03. The number of carboxylic acid groups (broad SMARTS) is 1. The van der Waals surface area contributed by atoms with Crippen molar-refractivity contribution in [2.45, 2.75) is 39.2 Å². The highest BCUT2D eigenvalue weighted by molar-refractivity contribution is 5.96. The van der Waals surface area contributed by atoms with Crippen molar-refractivity contribution >= 4 is 17.7 Å². The smallest absolute Gasteiger partial charge is 0.323 e. The lowest BCUT2D eigenvalue weighted by atomic mass is 10.1. The molecule has 2 N–H and O–H groups in total. The van der Waals surface area contributed by atoms with Gasteiger partial charge in [-0.3, -0.25) is 9.69 Å². The van der Waals surface area contributed by atoms with Gasteiger partial charge in [-0.05, 0) is 38.3 Å². The topological polar surface area (TPSA) is 69.6 Å². The standard InChI is InChI=1S/C16H22N2O3/c1-11-3-7-14(8-4-11)18(10-15(19)20)16(21)17-12(2)9-13-5-6-13/h3-4,7-8,12-13H,5-6,9-10H2,1-2H3,(H,17,21)(H,19,20). The minimum Gasteiger partial charge on any atom is -0.480 e. The van der Waals surface area contributed by atoms with Crippen molar-refractivity contribution in [3.63, 3.8) is 0 Å². The summed E-state index contributed by atoms with van der Waals surface area (Å²) in [5.41, 5.74) is 1.66. The fourth-order valence-electron chi connectivity index (χ4n) is 2.34. The predicted molar refractivity (Wildman–Crippen MR) is 81.5 cm³/mol. The van der Waals surface area contributed by atoms with Gasteiger partial charge in [0.05, 0.1) is 0 Å². The summed E-state index contributed by atoms with van der Waals surface area (Å²) >= 11 is 0. The summed E-state index contributed by atoms with van der Waals surface area (Å²) in [6.07, 6.45) is 3.43. The lowest BCUT2D eigenvalue weighted by Gasteiger charge is -2.24. The van der Waals surface area contributed by atoms with Gasteiger partial charge < -0.3 is 10.4 Å². The monoisotopic (exact) mass is 290 g/mol. The number of rotatable bonds is 6. The third kappa shape index (κ3) is 4.77. The molecular formula is C16H22N2O3. The molecule has 114 valence electrons. The van der Waals surface area contributed by atoms with Crippen LogP contribution in [0.3, 0.4) is 0 Å². The highest BCUT2D eigenvalue weighted by Gasteiger charge is 2.26. The number of hydrogen-bond acceptors (Lipinski definition) is 2. The molecular weight excluding hydrogens is 268 g/mol. The third-order valence-corrected chi connectivity index (χ3v) is 3.64. The summed E-state index contributed by atoms with van der Waals surface area (Å²) in [6.45, 7) is 3.57.